The molecule has 2 aromatic carbocycles. The van der Waals surface area contributed by atoms with E-state index < -0.39 is 0 Å². The Kier molecular flexibility index (Phi) is 4.12. The number of phenols is 2. The number of rotatable bonds is 3. The Balaban J connectivity index is 2.31. The number of carbonyl (C=O) groups excluding carboxylic acids is 1. The molecule has 0 bridgehead atoms. The Bertz CT molecular complexity index is 641. The van der Waals surface area contributed by atoms with Crippen molar-refractivity contribution < 1.29 is 15.0 Å². The summed E-state index contributed by atoms with van der Waals surface area (Å²) in [6.07, 6.45) is 0.135. The predicted molar refractivity (Wildman–Crippen MR) is 77.0 cm³/mol. The van der Waals surface area contributed by atoms with Crippen LogP contribution in [-0.2, 0) is 6.42 Å². The van der Waals surface area contributed by atoms with Gasteiger partial charge in [0.05, 0.1) is 10.6 Å². The molecule has 0 amide bonds. The van der Waals surface area contributed by atoms with E-state index in [1.807, 2.05) is 24.3 Å². The van der Waals surface area contributed by atoms with Crippen LogP contribution in [0, 0.1) is 0 Å². The number of ketones is 1. The zero-order valence-corrected chi connectivity index (χ0v) is 12.1. The molecule has 0 aliphatic rings. The van der Waals surface area contributed by atoms with Gasteiger partial charge in [-0.05, 0) is 17.7 Å². The van der Waals surface area contributed by atoms with Gasteiger partial charge in [0, 0.05) is 17.0 Å². The lowest BCUT2D eigenvalue weighted by molar-refractivity contribution is 0.0990. The van der Waals surface area contributed by atoms with Gasteiger partial charge in [-0.2, -0.15) is 0 Å². The van der Waals surface area contributed by atoms with Crippen molar-refractivity contribution in [2.45, 2.75) is 6.42 Å². The van der Waals surface area contributed by atoms with Gasteiger partial charge in [-0.1, -0.05) is 45.7 Å². The third-order valence-electron chi connectivity index (χ3n) is 2.67. The first kappa shape index (κ1) is 13.9. The molecule has 0 saturated carbocycles. The van der Waals surface area contributed by atoms with Gasteiger partial charge in [-0.3, -0.25) is 4.79 Å². The number of hydrogen-bond acceptors (Lipinski definition) is 3. The summed E-state index contributed by atoms with van der Waals surface area (Å²) < 4.78 is 0.827. The molecular formula is C14H10BrClO3. The van der Waals surface area contributed by atoms with E-state index in [9.17, 15) is 15.0 Å². The fraction of sp³-hybridized carbons (Fsp3) is 0.0714. The van der Waals surface area contributed by atoms with Crippen LogP contribution in [0.3, 0.4) is 0 Å². The number of carbonyl (C=O) groups is 1. The smallest absolute Gasteiger partial charge is 0.171 e. The van der Waals surface area contributed by atoms with Gasteiger partial charge < -0.3 is 10.2 Å². The first-order chi connectivity index (χ1) is 8.99. The van der Waals surface area contributed by atoms with Gasteiger partial charge in [0.1, 0.15) is 11.5 Å². The number of benzene rings is 2. The lowest BCUT2D eigenvalue weighted by Gasteiger charge is -2.07. The molecule has 2 N–H and O–H groups in total. The lowest BCUT2D eigenvalue weighted by Crippen LogP contribution is -2.04. The van der Waals surface area contributed by atoms with E-state index in [4.69, 9.17) is 11.6 Å². The normalized spacial score (nSPS) is 10.4. The molecule has 0 aliphatic carbocycles. The number of Topliss-reactive ketones (excluding diaryl/α,β-unsaturated/α-hetero) is 1. The van der Waals surface area contributed by atoms with Crippen molar-refractivity contribution in [3.63, 3.8) is 0 Å². The molecule has 0 aliphatic heterocycles. The van der Waals surface area contributed by atoms with Crippen LogP contribution in [0.4, 0.5) is 0 Å². The van der Waals surface area contributed by atoms with Crippen molar-refractivity contribution in [2.24, 2.45) is 0 Å². The quantitative estimate of drug-likeness (QED) is 0.831. The monoisotopic (exact) mass is 340 g/mol. The summed E-state index contributed by atoms with van der Waals surface area (Å²) in [4.78, 5) is 12.1. The van der Waals surface area contributed by atoms with E-state index in [0.717, 1.165) is 16.1 Å². The maximum absolute atomic E-state index is 12.1. The van der Waals surface area contributed by atoms with Crippen LogP contribution in [0.25, 0.3) is 0 Å². The highest BCUT2D eigenvalue weighted by Gasteiger charge is 2.15. The fourth-order valence-electron chi connectivity index (χ4n) is 1.68. The van der Waals surface area contributed by atoms with Crippen LogP contribution >= 0.6 is 27.5 Å². The number of phenolic OH excluding ortho intramolecular Hbond substituents is 2. The van der Waals surface area contributed by atoms with Gasteiger partial charge in [0.2, 0.25) is 0 Å². The molecule has 19 heavy (non-hydrogen) atoms. The fourth-order valence-corrected chi connectivity index (χ4v) is 2.27. The molecule has 2 rings (SSSR count). The molecule has 0 radical (unpaired) electrons. The summed E-state index contributed by atoms with van der Waals surface area (Å²) in [5.41, 5.74) is 0.912. The second kappa shape index (κ2) is 5.63. The summed E-state index contributed by atoms with van der Waals surface area (Å²) in [5, 5.41) is 19.0. The van der Waals surface area contributed by atoms with Gasteiger partial charge in [-0.25, -0.2) is 0 Å². The zero-order valence-electron chi connectivity index (χ0n) is 9.73. The highest BCUT2D eigenvalue weighted by molar-refractivity contribution is 9.10. The van der Waals surface area contributed by atoms with Crippen molar-refractivity contribution in [1.82, 2.24) is 0 Å². The van der Waals surface area contributed by atoms with E-state index in [1.54, 1.807) is 0 Å². The summed E-state index contributed by atoms with van der Waals surface area (Å²) in [6, 6.07) is 9.68. The molecular weight excluding hydrogens is 332 g/mol. The van der Waals surface area contributed by atoms with E-state index in [0.29, 0.717) is 0 Å². The largest absolute Gasteiger partial charge is 0.507 e. The molecule has 0 aromatic heterocycles. The molecule has 0 spiro atoms. The SMILES string of the molecule is O=C(Cc1ccccc1Br)c1cc(Cl)c(O)cc1O. The number of hydrogen-bond donors (Lipinski definition) is 2. The predicted octanol–water partition coefficient (Wildman–Crippen LogP) is 3.94. The van der Waals surface area contributed by atoms with Crippen molar-refractivity contribution in [3.05, 3.63) is 57.0 Å². The van der Waals surface area contributed by atoms with Crippen LogP contribution in [0.5, 0.6) is 11.5 Å². The van der Waals surface area contributed by atoms with Crippen LogP contribution in [-0.4, -0.2) is 16.0 Å². The molecule has 0 fully saturated rings. The summed E-state index contributed by atoms with van der Waals surface area (Å²) in [5.74, 6) is -0.804. The van der Waals surface area contributed by atoms with Gasteiger partial charge >= 0.3 is 0 Å². The van der Waals surface area contributed by atoms with E-state index >= 15 is 0 Å². The zero-order chi connectivity index (χ0) is 14.0. The standard InChI is InChI=1S/C14H10BrClO3/c15-10-4-2-1-3-8(10)5-12(17)9-6-11(16)14(19)7-13(9)18/h1-4,6-7,18-19H,5H2. The number of aromatic hydroxyl groups is 2. The Morgan fingerprint density at radius 3 is 2.53 bits per heavy atom. The Labute approximate surface area is 123 Å². The highest BCUT2D eigenvalue weighted by Crippen LogP contribution is 2.32. The molecule has 0 unspecified atom stereocenters. The van der Waals surface area contributed by atoms with E-state index in [1.165, 1.54) is 6.07 Å². The van der Waals surface area contributed by atoms with Crippen molar-refractivity contribution in [2.75, 3.05) is 0 Å². The highest BCUT2D eigenvalue weighted by atomic mass is 79.9. The lowest BCUT2D eigenvalue weighted by atomic mass is 10.0. The minimum atomic E-state index is -0.279. The summed E-state index contributed by atoms with van der Waals surface area (Å²) in [7, 11) is 0. The van der Waals surface area contributed by atoms with E-state index in [2.05, 4.69) is 15.9 Å². The molecule has 5 heteroatoms. The van der Waals surface area contributed by atoms with Gasteiger partial charge in [0.25, 0.3) is 0 Å². The third-order valence-corrected chi connectivity index (χ3v) is 3.75. The third kappa shape index (κ3) is 3.08. The number of halogens is 2. The summed E-state index contributed by atoms with van der Waals surface area (Å²) in [6.45, 7) is 0. The topological polar surface area (TPSA) is 57.5 Å². The molecule has 0 atom stereocenters. The minimum absolute atomic E-state index is 0.0354. The molecule has 98 valence electrons. The molecule has 3 nitrogen and oxygen atoms in total. The Morgan fingerprint density at radius 2 is 1.84 bits per heavy atom. The van der Waals surface area contributed by atoms with Crippen LogP contribution in [0.2, 0.25) is 5.02 Å². The molecule has 0 heterocycles. The van der Waals surface area contributed by atoms with Crippen LogP contribution in [0.1, 0.15) is 15.9 Å². The second-order valence-electron chi connectivity index (χ2n) is 4.01. The van der Waals surface area contributed by atoms with Crippen molar-refractivity contribution >= 4 is 33.3 Å². The first-order valence-corrected chi connectivity index (χ1v) is 6.64. The first-order valence-electron chi connectivity index (χ1n) is 5.47. The average molecular weight is 342 g/mol. The van der Waals surface area contributed by atoms with Crippen molar-refractivity contribution in [1.29, 1.82) is 0 Å². The van der Waals surface area contributed by atoms with Gasteiger partial charge in [0.15, 0.2) is 5.78 Å². The van der Waals surface area contributed by atoms with Crippen LogP contribution < -0.4 is 0 Å². The van der Waals surface area contributed by atoms with Crippen LogP contribution in [0.15, 0.2) is 40.9 Å². The molecule has 0 saturated heterocycles. The Hall–Kier alpha value is -1.52. The summed E-state index contributed by atoms with van der Waals surface area (Å²) >= 11 is 9.10. The second-order valence-corrected chi connectivity index (χ2v) is 5.27. The molecule has 2 aromatic rings. The maximum Gasteiger partial charge on any atom is 0.171 e. The Morgan fingerprint density at radius 1 is 1.16 bits per heavy atom. The van der Waals surface area contributed by atoms with Gasteiger partial charge in [-0.15, -0.1) is 0 Å². The van der Waals surface area contributed by atoms with Crippen molar-refractivity contribution in [3.8, 4) is 11.5 Å². The maximum atomic E-state index is 12.1. The minimum Gasteiger partial charge on any atom is -0.507 e. The van der Waals surface area contributed by atoms with E-state index in [-0.39, 0.29) is 34.3 Å². The average Bonchev–Trinajstić information content (AvgIpc) is 2.36.